The van der Waals surface area contributed by atoms with Crippen LogP contribution in [0, 0.1) is 13.8 Å². The molecule has 1 aromatic carbocycles. The number of ether oxygens (including phenoxy) is 2. The summed E-state index contributed by atoms with van der Waals surface area (Å²) in [6, 6.07) is 3.77. The van der Waals surface area contributed by atoms with Crippen molar-refractivity contribution in [3.05, 3.63) is 28.3 Å². The summed E-state index contributed by atoms with van der Waals surface area (Å²) in [5.41, 5.74) is 2.50. The van der Waals surface area contributed by atoms with E-state index in [1.165, 1.54) is 11.8 Å². The number of benzene rings is 1. The zero-order chi connectivity index (χ0) is 18.9. The molecule has 0 atom stereocenters. The molecule has 0 N–H and O–H groups in total. The van der Waals surface area contributed by atoms with Gasteiger partial charge in [-0.1, -0.05) is 17.7 Å². The summed E-state index contributed by atoms with van der Waals surface area (Å²) < 4.78 is 11.4. The molecule has 2 aliphatic heterocycles. The van der Waals surface area contributed by atoms with E-state index in [4.69, 9.17) is 21.1 Å². The van der Waals surface area contributed by atoms with Crippen LogP contribution in [0.4, 0.5) is 5.69 Å². The lowest BCUT2D eigenvalue weighted by Crippen LogP contribution is -2.50. The average molecular weight is 381 g/mol. The average Bonchev–Trinajstić information content (AvgIpc) is 3.01. The molecule has 1 spiro atoms. The van der Waals surface area contributed by atoms with Crippen LogP contribution in [-0.4, -0.2) is 55.3 Å². The number of aryl methyl sites for hydroxylation is 2. The number of likely N-dealkylation sites (tertiary alicyclic amines) is 1. The van der Waals surface area contributed by atoms with Gasteiger partial charge in [-0.25, -0.2) is 0 Å². The van der Waals surface area contributed by atoms with Crippen molar-refractivity contribution in [2.24, 2.45) is 0 Å². The highest BCUT2D eigenvalue weighted by molar-refractivity contribution is 6.34. The number of carbonyl (C=O) groups is 2. The third-order valence-corrected chi connectivity index (χ3v) is 5.32. The molecule has 142 valence electrons. The Hall–Kier alpha value is -1.63. The second-order valence-electron chi connectivity index (χ2n) is 7.01. The smallest absolute Gasteiger partial charge is 0.242 e. The second-order valence-corrected chi connectivity index (χ2v) is 7.41. The van der Waals surface area contributed by atoms with Crippen molar-refractivity contribution >= 4 is 29.1 Å². The molecule has 1 aromatic rings. The molecule has 0 saturated carbocycles. The number of piperidine rings is 1. The van der Waals surface area contributed by atoms with Crippen LogP contribution in [-0.2, 0) is 19.1 Å². The third kappa shape index (κ3) is 3.87. The van der Waals surface area contributed by atoms with Gasteiger partial charge >= 0.3 is 0 Å². The number of halogens is 1. The van der Waals surface area contributed by atoms with Crippen molar-refractivity contribution in [2.75, 3.05) is 37.7 Å². The number of carbonyl (C=O) groups excluding carboxylic acids is 2. The van der Waals surface area contributed by atoms with E-state index in [2.05, 4.69) is 0 Å². The lowest BCUT2D eigenvalue weighted by atomic mass is 10.0. The highest BCUT2D eigenvalue weighted by Gasteiger charge is 2.41. The van der Waals surface area contributed by atoms with Crippen LogP contribution in [0.25, 0.3) is 0 Å². The van der Waals surface area contributed by atoms with Crippen LogP contribution < -0.4 is 4.90 Å². The standard InChI is InChI=1S/C19H25ClN2O4/c1-13-10-14(2)18(16(20)11-13)22(15(3)23)12-17(24)21-6-4-19(5-7-21)25-8-9-26-19/h10-11H,4-9,12H2,1-3H3. The van der Waals surface area contributed by atoms with Crippen LogP contribution >= 0.6 is 11.6 Å². The Kier molecular flexibility index (Phi) is 5.55. The molecule has 26 heavy (non-hydrogen) atoms. The fourth-order valence-electron chi connectivity index (χ4n) is 3.72. The van der Waals surface area contributed by atoms with Gasteiger partial charge in [-0.15, -0.1) is 0 Å². The molecule has 2 heterocycles. The van der Waals surface area contributed by atoms with Gasteiger partial charge in [0.05, 0.1) is 23.9 Å². The maximum absolute atomic E-state index is 12.8. The topological polar surface area (TPSA) is 59.1 Å². The first-order valence-electron chi connectivity index (χ1n) is 8.92. The zero-order valence-corrected chi connectivity index (χ0v) is 16.3. The van der Waals surface area contributed by atoms with E-state index in [0.29, 0.717) is 49.9 Å². The molecule has 7 heteroatoms. The van der Waals surface area contributed by atoms with Crippen LogP contribution in [0.15, 0.2) is 12.1 Å². The van der Waals surface area contributed by atoms with Gasteiger partial charge in [-0.2, -0.15) is 0 Å². The molecular weight excluding hydrogens is 356 g/mol. The summed E-state index contributed by atoms with van der Waals surface area (Å²) in [7, 11) is 0. The minimum Gasteiger partial charge on any atom is -0.347 e. The largest absolute Gasteiger partial charge is 0.347 e. The van der Waals surface area contributed by atoms with Gasteiger partial charge in [-0.3, -0.25) is 9.59 Å². The molecule has 2 saturated heterocycles. The van der Waals surface area contributed by atoms with Crippen LogP contribution in [0.1, 0.15) is 30.9 Å². The summed E-state index contributed by atoms with van der Waals surface area (Å²) in [6.07, 6.45) is 1.31. The minimum atomic E-state index is -0.520. The molecule has 2 fully saturated rings. The first-order valence-corrected chi connectivity index (χ1v) is 9.30. The normalized spacial score (nSPS) is 19.0. The van der Waals surface area contributed by atoms with E-state index in [1.54, 1.807) is 4.90 Å². The van der Waals surface area contributed by atoms with Crippen molar-refractivity contribution < 1.29 is 19.1 Å². The van der Waals surface area contributed by atoms with Crippen molar-refractivity contribution in [1.29, 1.82) is 0 Å². The Balaban J connectivity index is 1.71. The van der Waals surface area contributed by atoms with Crippen molar-refractivity contribution in [1.82, 2.24) is 4.90 Å². The first kappa shape index (κ1) is 19.1. The van der Waals surface area contributed by atoms with E-state index >= 15 is 0 Å². The molecule has 2 amide bonds. The quantitative estimate of drug-likeness (QED) is 0.809. The fraction of sp³-hybridized carbons (Fsp3) is 0.579. The number of nitrogens with zero attached hydrogens (tertiary/aromatic N) is 2. The van der Waals surface area contributed by atoms with Crippen molar-refractivity contribution in [2.45, 2.75) is 39.4 Å². The Morgan fingerprint density at radius 2 is 1.81 bits per heavy atom. The Morgan fingerprint density at radius 3 is 2.35 bits per heavy atom. The summed E-state index contributed by atoms with van der Waals surface area (Å²) in [5.74, 6) is -0.819. The van der Waals surface area contributed by atoms with Gasteiger partial charge in [0.2, 0.25) is 11.8 Å². The Morgan fingerprint density at radius 1 is 1.19 bits per heavy atom. The number of amides is 2. The number of anilines is 1. The highest BCUT2D eigenvalue weighted by atomic mass is 35.5. The summed E-state index contributed by atoms with van der Waals surface area (Å²) in [4.78, 5) is 28.2. The fourth-order valence-corrected chi connectivity index (χ4v) is 4.14. The van der Waals surface area contributed by atoms with Crippen molar-refractivity contribution in [3.63, 3.8) is 0 Å². The Labute approximate surface area is 159 Å². The predicted octanol–water partition coefficient (Wildman–Crippen LogP) is 2.68. The highest BCUT2D eigenvalue weighted by Crippen LogP contribution is 2.33. The molecule has 0 unspecified atom stereocenters. The first-order chi connectivity index (χ1) is 12.3. The molecular formula is C19H25ClN2O4. The SMILES string of the molecule is CC(=O)N(CC(=O)N1CCC2(CC1)OCCO2)c1c(C)cc(C)cc1Cl. The molecule has 6 nitrogen and oxygen atoms in total. The number of hydrogen-bond donors (Lipinski definition) is 0. The molecule has 2 aliphatic rings. The van der Waals surface area contributed by atoms with Gasteiger partial charge in [0, 0.05) is 32.9 Å². The summed E-state index contributed by atoms with van der Waals surface area (Å²) >= 11 is 6.37. The maximum atomic E-state index is 12.8. The van der Waals surface area contributed by atoms with Crippen LogP contribution in [0.5, 0.6) is 0 Å². The van der Waals surface area contributed by atoms with Gasteiger partial charge in [0.1, 0.15) is 6.54 Å². The summed E-state index contributed by atoms with van der Waals surface area (Å²) in [6.45, 7) is 7.61. The van der Waals surface area contributed by atoms with Gasteiger partial charge in [-0.05, 0) is 31.0 Å². The maximum Gasteiger partial charge on any atom is 0.242 e. The molecule has 0 bridgehead atoms. The zero-order valence-electron chi connectivity index (χ0n) is 15.5. The van der Waals surface area contributed by atoms with E-state index in [0.717, 1.165) is 11.1 Å². The monoisotopic (exact) mass is 380 g/mol. The second kappa shape index (κ2) is 7.55. The van der Waals surface area contributed by atoms with Gasteiger partial charge < -0.3 is 19.3 Å². The van der Waals surface area contributed by atoms with Crippen molar-refractivity contribution in [3.8, 4) is 0 Å². The van der Waals surface area contributed by atoms with E-state index < -0.39 is 5.79 Å². The molecule has 0 radical (unpaired) electrons. The lowest BCUT2D eigenvalue weighted by Gasteiger charge is -2.38. The minimum absolute atomic E-state index is 0.0202. The van der Waals surface area contributed by atoms with E-state index in [1.807, 2.05) is 26.0 Å². The van der Waals surface area contributed by atoms with Crippen LogP contribution in [0.3, 0.4) is 0 Å². The predicted molar refractivity (Wildman–Crippen MR) is 99.4 cm³/mol. The Bertz CT molecular complexity index is 682. The van der Waals surface area contributed by atoms with E-state index in [9.17, 15) is 9.59 Å². The summed E-state index contributed by atoms with van der Waals surface area (Å²) in [5, 5.41) is 0.482. The molecule has 0 aliphatic carbocycles. The molecule has 0 aromatic heterocycles. The number of rotatable bonds is 3. The van der Waals surface area contributed by atoms with Gasteiger partial charge in [0.15, 0.2) is 5.79 Å². The van der Waals surface area contributed by atoms with E-state index in [-0.39, 0.29) is 18.4 Å². The van der Waals surface area contributed by atoms with Crippen LogP contribution in [0.2, 0.25) is 5.02 Å². The lowest BCUT2D eigenvalue weighted by molar-refractivity contribution is -0.187. The number of hydrogen-bond acceptors (Lipinski definition) is 4. The molecule has 3 rings (SSSR count). The van der Waals surface area contributed by atoms with Gasteiger partial charge in [0.25, 0.3) is 0 Å². The third-order valence-electron chi connectivity index (χ3n) is 5.03.